The highest BCUT2D eigenvalue weighted by Gasteiger charge is 2.18. The normalized spacial score (nSPS) is 10.2. The summed E-state index contributed by atoms with van der Waals surface area (Å²) in [6.45, 7) is 3.74. The van der Waals surface area contributed by atoms with Crippen LogP contribution in [-0.4, -0.2) is 24.5 Å². The molecule has 2 aromatic rings. The molecule has 0 aliphatic heterocycles. The van der Waals surface area contributed by atoms with Gasteiger partial charge in [-0.3, -0.25) is 14.9 Å². The lowest BCUT2D eigenvalue weighted by Crippen LogP contribution is -2.14. The van der Waals surface area contributed by atoms with Gasteiger partial charge < -0.3 is 14.8 Å². The molecule has 0 heterocycles. The van der Waals surface area contributed by atoms with Crippen LogP contribution in [-0.2, 0) is 0 Å². The van der Waals surface area contributed by atoms with Crippen molar-refractivity contribution in [2.45, 2.75) is 13.8 Å². The Kier molecular flexibility index (Phi) is 5.82. The molecule has 1 amide bonds. The topological polar surface area (TPSA) is 90.7 Å². The number of benzene rings is 2. The van der Waals surface area contributed by atoms with E-state index in [-0.39, 0.29) is 16.3 Å². The summed E-state index contributed by atoms with van der Waals surface area (Å²) in [5, 5.41) is 13.9. The molecule has 0 spiro atoms. The molecular weight excluding hydrogens is 348 g/mol. The maximum absolute atomic E-state index is 12.5. The standard InChI is InChI=1S/C17H17ClN2O5/c1-4-25-15-9-11(8-12(18)16(15)24-3)17(21)19-13-6-5-7-14(10(13)2)20(22)23/h5-9H,4H2,1-3H3,(H,19,21). The van der Waals surface area contributed by atoms with Crippen molar-refractivity contribution in [1.29, 1.82) is 0 Å². The molecule has 132 valence electrons. The van der Waals surface area contributed by atoms with Crippen molar-refractivity contribution in [3.63, 3.8) is 0 Å². The number of methoxy groups -OCH3 is 1. The van der Waals surface area contributed by atoms with E-state index in [0.717, 1.165) is 0 Å². The molecule has 0 radical (unpaired) electrons. The van der Waals surface area contributed by atoms with E-state index in [2.05, 4.69) is 5.32 Å². The van der Waals surface area contributed by atoms with Gasteiger partial charge in [0.15, 0.2) is 11.5 Å². The zero-order valence-corrected chi connectivity index (χ0v) is 14.7. The fraction of sp³-hybridized carbons (Fsp3) is 0.235. The van der Waals surface area contributed by atoms with Crippen LogP contribution in [0.3, 0.4) is 0 Å². The number of ether oxygens (including phenoxy) is 2. The lowest BCUT2D eigenvalue weighted by molar-refractivity contribution is -0.385. The van der Waals surface area contributed by atoms with Crippen LogP contribution in [0.1, 0.15) is 22.8 Å². The molecule has 25 heavy (non-hydrogen) atoms. The SMILES string of the molecule is CCOc1cc(C(=O)Nc2cccc([N+](=O)[O-])c2C)cc(Cl)c1OC. The van der Waals surface area contributed by atoms with E-state index in [9.17, 15) is 14.9 Å². The maximum atomic E-state index is 12.5. The summed E-state index contributed by atoms with van der Waals surface area (Å²) in [6.07, 6.45) is 0. The minimum atomic E-state index is -0.498. The zero-order valence-electron chi connectivity index (χ0n) is 14.0. The third-order valence-electron chi connectivity index (χ3n) is 3.53. The number of nitro benzene ring substituents is 1. The van der Waals surface area contributed by atoms with Gasteiger partial charge in [-0.15, -0.1) is 0 Å². The lowest BCUT2D eigenvalue weighted by Gasteiger charge is -2.13. The minimum Gasteiger partial charge on any atom is -0.491 e. The molecular formula is C17H17ClN2O5. The first-order valence-corrected chi connectivity index (χ1v) is 7.82. The lowest BCUT2D eigenvalue weighted by atomic mass is 10.1. The number of amides is 1. The summed E-state index contributed by atoms with van der Waals surface area (Å²) >= 11 is 6.14. The summed E-state index contributed by atoms with van der Waals surface area (Å²) in [5.41, 5.74) is 0.898. The van der Waals surface area contributed by atoms with Crippen LogP contribution < -0.4 is 14.8 Å². The number of hydrogen-bond donors (Lipinski definition) is 1. The second-order valence-electron chi connectivity index (χ2n) is 5.08. The van der Waals surface area contributed by atoms with Crippen LogP contribution in [0.5, 0.6) is 11.5 Å². The van der Waals surface area contributed by atoms with Crippen LogP contribution in [0.15, 0.2) is 30.3 Å². The van der Waals surface area contributed by atoms with Crippen molar-refractivity contribution < 1.29 is 19.2 Å². The van der Waals surface area contributed by atoms with Gasteiger partial charge in [0.2, 0.25) is 0 Å². The van der Waals surface area contributed by atoms with E-state index in [4.69, 9.17) is 21.1 Å². The largest absolute Gasteiger partial charge is 0.491 e. The van der Waals surface area contributed by atoms with Crippen molar-refractivity contribution in [3.05, 3.63) is 56.6 Å². The monoisotopic (exact) mass is 364 g/mol. The molecule has 0 unspecified atom stereocenters. The summed E-state index contributed by atoms with van der Waals surface area (Å²) in [6, 6.07) is 7.44. The summed E-state index contributed by atoms with van der Waals surface area (Å²) in [4.78, 5) is 23.0. The Morgan fingerprint density at radius 3 is 2.68 bits per heavy atom. The predicted molar refractivity (Wildman–Crippen MR) is 95.0 cm³/mol. The molecule has 2 aromatic carbocycles. The van der Waals surface area contributed by atoms with Crippen LogP contribution in [0.25, 0.3) is 0 Å². The Balaban J connectivity index is 2.36. The van der Waals surface area contributed by atoms with E-state index in [1.807, 2.05) is 0 Å². The number of rotatable bonds is 6. The van der Waals surface area contributed by atoms with E-state index in [1.54, 1.807) is 19.9 Å². The molecule has 0 saturated carbocycles. The van der Waals surface area contributed by atoms with Crippen LogP contribution in [0.4, 0.5) is 11.4 Å². The van der Waals surface area contributed by atoms with Crippen molar-refractivity contribution in [3.8, 4) is 11.5 Å². The third kappa shape index (κ3) is 4.00. The van der Waals surface area contributed by atoms with Crippen molar-refractivity contribution >= 4 is 28.9 Å². The van der Waals surface area contributed by atoms with E-state index < -0.39 is 10.8 Å². The van der Waals surface area contributed by atoms with Crippen LogP contribution >= 0.6 is 11.6 Å². The minimum absolute atomic E-state index is 0.0689. The van der Waals surface area contributed by atoms with Gasteiger partial charge in [0.25, 0.3) is 11.6 Å². The number of carbonyl (C=O) groups is 1. The first-order valence-electron chi connectivity index (χ1n) is 7.44. The third-order valence-corrected chi connectivity index (χ3v) is 3.81. The number of nitrogens with zero attached hydrogens (tertiary/aromatic N) is 1. The molecule has 7 nitrogen and oxygen atoms in total. The molecule has 0 aliphatic rings. The number of carbonyl (C=O) groups excluding carboxylic acids is 1. The molecule has 8 heteroatoms. The Bertz CT molecular complexity index is 823. The fourth-order valence-corrected chi connectivity index (χ4v) is 2.60. The van der Waals surface area contributed by atoms with Gasteiger partial charge in [0.05, 0.1) is 34.9 Å². The van der Waals surface area contributed by atoms with Gasteiger partial charge in [0, 0.05) is 11.6 Å². The molecule has 0 atom stereocenters. The Morgan fingerprint density at radius 2 is 2.08 bits per heavy atom. The second kappa shape index (κ2) is 7.85. The molecule has 0 saturated heterocycles. The highest BCUT2D eigenvalue weighted by Crippen LogP contribution is 2.36. The Morgan fingerprint density at radius 1 is 1.36 bits per heavy atom. The average molecular weight is 365 g/mol. The smallest absolute Gasteiger partial charge is 0.274 e. The van der Waals surface area contributed by atoms with Crippen molar-refractivity contribution in [2.75, 3.05) is 19.0 Å². The van der Waals surface area contributed by atoms with Crippen LogP contribution in [0.2, 0.25) is 5.02 Å². The second-order valence-corrected chi connectivity index (χ2v) is 5.49. The summed E-state index contributed by atoms with van der Waals surface area (Å²) in [5.74, 6) is 0.221. The van der Waals surface area contributed by atoms with E-state index >= 15 is 0 Å². The predicted octanol–water partition coefficient (Wildman–Crippen LogP) is 4.22. The van der Waals surface area contributed by atoms with Crippen LogP contribution in [0, 0.1) is 17.0 Å². The van der Waals surface area contributed by atoms with E-state index in [1.165, 1.54) is 31.4 Å². The van der Waals surface area contributed by atoms with Crippen molar-refractivity contribution in [2.24, 2.45) is 0 Å². The van der Waals surface area contributed by atoms with Gasteiger partial charge >= 0.3 is 0 Å². The average Bonchev–Trinajstić information content (AvgIpc) is 2.56. The molecule has 2 rings (SSSR count). The van der Waals surface area contributed by atoms with Gasteiger partial charge in [-0.05, 0) is 32.0 Å². The Hall–Kier alpha value is -2.80. The number of nitrogens with one attached hydrogen (secondary N) is 1. The van der Waals surface area contributed by atoms with Gasteiger partial charge in [-0.25, -0.2) is 0 Å². The first kappa shape index (κ1) is 18.5. The maximum Gasteiger partial charge on any atom is 0.274 e. The fourth-order valence-electron chi connectivity index (χ4n) is 2.31. The molecule has 0 bridgehead atoms. The highest BCUT2D eigenvalue weighted by molar-refractivity contribution is 6.32. The number of hydrogen-bond acceptors (Lipinski definition) is 5. The quantitative estimate of drug-likeness (QED) is 0.612. The van der Waals surface area contributed by atoms with Gasteiger partial charge in [-0.2, -0.15) is 0 Å². The molecule has 0 aromatic heterocycles. The molecule has 0 aliphatic carbocycles. The number of halogens is 1. The summed E-state index contributed by atoms with van der Waals surface area (Å²) in [7, 11) is 1.45. The Labute approximate surface area is 149 Å². The van der Waals surface area contributed by atoms with E-state index in [0.29, 0.717) is 29.4 Å². The van der Waals surface area contributed by atoms with Gasteiger partial charge in [0.1, 0.15) is 0 Å². The zero-order chi connectivity index (χ0) is 18.6. The van der Waals surface area contributed by atoms with Gasteiger partial charge in [-0.1, -0.05) is 17.7 Å². The van der Waals surface area contributed by atoms with Crippen molar-refractivity contribution in [1.82, 2.24) is 0 Å². The summed E-state index contributed by atoms with van der Waals surface area (Å²) < 4.78 is 10.6. The molecule has 0 fully saturated rings. The number of anilines is 1. The first-order chi connectivity index (χ1) is 11.9. The highest BCUT2D eigenvalue weighted by atomic mass is 35.5. The number of nitro groups is 1. The molecule has 1 N–H and O–H groups in total.